The lowest BCUT2D eigenvalue weighted by atomic mass is 10.0. The van der Waals surface area contributed by atoms with Gasteiger partial charge in [0.1, 0.15) is 0 Å². The Labute approximate surface area is 115 Å². The fraction of sp³-hybridized carbons (Fsp3) is 0.714. The first-order chi connectivity index (χ1) is 9.35. The highest BCUT2D eigenvalue weighted by Gasteiger charge is 2.23. The summed E-state index contributed by atoms with van der Waals surface area (Å²) in [5, 5.41) is 3.51. The van der Waals surface area contributed by atoms with Crippen LogP contribution in [0.25, 0.3) is 0 Å². The minimum atomic E-state index is 0.515. The lowest BCUT2D eigenvalue weighted by Gasteiger charge is -2.36. The molecule has 106 valence electrons. The zero-order valence-corrected chi connectivity index (χ0v) is 11.9. The average Bonchev–Trinajstić information content (AvgIpc) is 2.48. The third-order valence-corrected chi connectivity index (χ3v) is 3.54. The second-order valence-electron chi connectivity index (χ2n) is 4.97. The maximum atomic E-state index is 5.16. The summed E-state index contributed by atoms with van der Waals surface area (Å²) < 4.78 is 5.16. The molecule has 1 N–H and O–H groups in total. The van der Waals surface area contributed by atoms with E-state index in [1.54, 1.807) is 13.3 Å². The number of aromatic nitrogens is 2. The van der Waals surface area contributed by atoms with Gasteiger partial charge < -0.3 is 15.0 Å². The number of hydrogen-bond donors (Lipinski definition) is 1. The van der Waals surface area contributed by atoms with Crippen LogP contribution < -0.4 is 15.0 Å². The Morgan fingerprint density at radius 3 is 3.11 bits per heavy atom. The van der Waals surface area contributed by atoms with E-state index in [-0.39, 0.29) is 0 Å². The van der Waals surface area contributed by atoms with Crippen molar-refractivity contribution in [3.8, 4) is 5.88 Å². The molecule has 5 nitrogen and oxygen atoms in total. The van der Waals surface area contributed by atoms with Gasteiger partial charge in [-0.2, -0.15) is 4.98 Å². The normalized spacial score (nSPS) is 19.5. The van der Waals surface area contributed by atoms with Crippen LogP contribution in [0.3, 0.4) is 0 Å². The van der Waals surface area contributed by atoms with Gasteiger partial charge in [-0.1, -0.05) is 6.92 Å². The Kier molecular flexibility index (Phi) is 5.39. The van der Waals surface area contributed by atoms with Gasteiger partial charge in [0.05, 0.1) is 19.5 Å². The first kappa shape index (κ1) is 14.1. The van der Waals surface area contributed by atoms with E-state index in [0.29, 0.717) is 11.9 Å². The Hall–Kier alpha value is -1.36. The molecule has 1 saturated heterocycles. The maximum Gasteiger partial charge on any atom is 0.233 e. The summed E-state index contributed by atoms with van der Waals surface area (Å²) >= 11 is 0. The van der Waals surface area contributed by atoms with Gasteiger partial charge in [0, 0.05) is 19.1 Å². The SMILES string of the molecule is CCCNCC1CCCCN1c1cncc(OC)n1. The highest BCUT2D eigenvalue weighted by Crippen LogP contribution is 2.23. The number of nitrogens with one attached hydrogen (secondary N) is 1. The van der Waals surface area contributed by atoms with E-state index in [1.165, 1.54) is 25.7 Å². The molecule has 2 rings (SSSR count). The molecule has 0 saturated carbocycles. The molecule has 1 atom stereocenters. The lowest BCUT2D eigenvalue weighted by Crippen LogP contribution is -2.46. The molecular formula is C14H24N4O. The molecule has 0 amide bonds. The molecule has 0 aliphatic carbocycles. The summed E-state index contributed by atoms with van der Waals surface area (Å²) in [7, 11) is 1.63. The van der Waals surface area contributed by atoms with E-state index in [2.05, 4.69) is 27.1 Å². The molecule has 0 radical (unpaired) electrons. The van der Waals surface area contributed by atoms with Crippen LogP contribution in [0.5, 0.6) is 5.88 Å². The van der Waals surface area contributed by atoms with Crippen molar-refractivity contribution in [3.63, 3.8) is 0 Å². The van der Waals surface area contributed by atoms with Crippen LogP contribution in [0.2, 0.25) is 0 Å². The zero-order chi connectivity index (χ0) is 13.5. The first-order valence-electron chi connectivity index (χ1n) is 7.18. The second kappa shape index (κ2) is 7.28. The van der Waals surface area contributed by atoms with Crippen LogP contribution in [0.1, 0.15) is 32.6 Å². The molecular weight excluding hydrogens is 240 g/mol. The fourth-order valence-corrected chi connectivity index (χ4v) is 2.53. The Morgan fingerprint density at radius 2 is 2.32 bits per heavy atom. The minimum absolute atomic E-state index is 0.515. The highest BCUT2D eigenvalue weighted by atomic mass is 16.5. The van der Waals surface area contributed by atoms with Crippen LogP contribution in [0, 0.1) is 0 Å². The quantitative estimate of drug-likeness (QED) is 0.795. The molecule has 1 aliphatic rings. The molecule has 1 aliphatic heterocycles. The fourth-order valence-electron chi connectivity index (χ4n) is 2.53. The van der Waals surface area contributed by atoms with Gasteiger partial charge in [-0.25, -0.2) is 0 Å². The predicted molar refractivity (Wildman–Crippen MR) is 76.7 cm³/mol. The molecule has 1 unspecified atom stereocenters. The average molecular weight is 264 g/mol. The Morgan fingerprint density at radius 1 is 1.42 bits per heavy atom. The molecule has 1 aromatic heterocycles. The summed E-state index contributed by atoms with van der Waals surface area (Å²) in [5.74, 6) is 1.52. The van der Waals surface area contributed by atoms with Crippen LogP contribution in [0.15, 0.2) is 12.4 Å². The minimum Gasteiger partial charge on any atom is -0.480 e. The van der Waals surface area contributed by atoms with E-state index in [1.807, 2.05) is 6.20 Å². The summed E-state index contributed by atoms with van der Waals surface area (Å²) in [6.07, 6.45) is 8.40. The second-order valence-corrected chi connectivity index (χ2v) is 4.97. The monoisotopic (exact) mass is 264 g/mol. The molecule has 5 heteroatoms. The number of hydrogen-bond acceptors (Lipinski definition) is 5. The molecule has 2 heterocycles. The van der Waals surface area contributed by atoms with Crippen molar-refractivity contribution < 1.29 is 4.74 Å². The van der Waals surface area contributed by atoms with Crippen LogP contribution >= 0.6 is 0 Å². The molecule has 0 spiro atoms. The van der Waals surface area contributed by atoms with Gasteiger partial charge >= 0.3 is 0 Å². The molecule has 1 aromatic rings. The standard InChI is InChI=1S/C14H24N4O/c1-3-7-15-9-12-6-4-5-8-18(12)13-10-16-11-14(17-13)19-2/h10-12,15H,3-9H2,1-2H3. The third-order valence-electron chi connectivity index (χ3n) is 3.54. The van der Waals surface area contributed by atoms with Crippen molar-refractivity contribution in [3.05, 3.63) is 12.4 Å². The summed E-state index contributed by atoms with van der Waals surface area (Å²) in [4.78, 5) is 11.1. The zero-order valence-electron chi connectivity index (χ0n) is 11.9. The number of anilines is 1. The van der Waals surface area contributed by atoms with E-state index in [4.69, 9.17) is 4.74 Å². The van der Waals surface area contributed by atoms with Crippen LogP contribution in [0.4, 0.5) is 5.82 Å². The summed E-state index contributed by atoms with van der Waals surface area (Å²) in [6, 6.07) is 0.515. The van der Waals surface area contributed by atoms with Gasteiger partial charge in [0.2, 0.25) is 5.88 Å². The van der Waals surface area contributed by atoms with E-state index in [9.17, 15) is 0 Å². The van der Waals surface area contributed by atoms with Crippen molar-refractivity contribution in [2.45, 2.75) is 38.6 Å². The molecule has 1 fully saturated rings. The number of rotatable bonds is 6. The van der Waals surface area contributed by atoms with Crippen LogP contribution in [-0.2, 0) is 0 Å². The van der Waals surface area contributed by atoms with Crippen molar-refractivity contribution in [2.24, 2.45) is 0 Å². The lowest BCUT2D eigenvalue weighted by molar-refractivity contribution is 0.391. The van der Waals surface area contributed by atoms with Crippen LogP contribution in [-0.4, -0.2) is 42.8 Å². The van der Waals surface area contributed by atoms with Gasteiger partial charge in [-0.3, -0.25) is 4.98 Å². The first-order valence-corrected chi connectivity index (χ1v) is 7.18. The van der Waals surface area contributed by atoms with E-state index in [0.717, 1.165) is 25.5 Å². The predicted octanol–water partition coefficient (Wildman–Crippen LogP) is 1.84. The third kappa shape index (κ3) is 3.80. The smallest absolute Gasteiger partial charge is 0.233 e. The Bertz CT molecular complexity index is 385. The summed E-state index contributed by atoms with van der Waals surface area (Å²) in [6.45, 7) is 5.35. The molecule has 19 heavy (non-hydrogen) atoms. The van der Waals surface area contributed by atoms with Crippen molar-refractivity contribution in [2.75, 3.05) is 31.6 Å². The number of piperidine rings is 1. The largest absolute Gasteiger partial charge is 0.480 e. The molecule has 0 aromatic carbocycles. The molecule has 0 bridgehead atoms. The number of nitrogens with zero attached hydrogens (tertiary/aromatic N) is 3. The van der Waals surface area contributed by atoms with Gasteiger partial charge in [0.15, 0.2) is 5.82 Å². The Balaban J connectivity index is 2.05. The van der Waals surface area contributed by atoms with Crippen molar-refractivity contribution >= 4 is 5.82 Å². The van der Waals surface area contributed by atoms with Gasteiger partial charge in [-0.05, 0) is 32.2 Å². The van der Waals surface area contributed by atoms with Crippen molar-refractivity contribution in [1.29, 1.82) is 0 Å². The van der Waals surface area contributed by atoms with Gasteiger partial charge in [0.25, 0.3) is 0 Å². The highest BCUT2D eigenvalue weighted by molar-refractivity contribution is 5.39. The topological polar surface area (TPSA) is 50.3 Å². The van der Waals surface area contributed by atoms with Gasteiger partial charge in [-0.15, -0.1) is 0 Å². The number of methoxy groups -OCH3 is 1. The van der Waals surface area contributed by atoms with E-state index < -0.39 is 0 Å². The van der Waals surface area contributed by atoms with E-state index >= 15 is 0 Å². The summed E-state index contributed by atoms with van der Waals surface area (Å²) in [5.41, 5.74) is 0. The maximum absolute atomic E-state index is 5.16. The number of ether oxygens (including phenoxy) is 1. The van der Waals surface area contributed by atoms with Crippen molar-refractivity contribution in [1.82, 2.24) is 15.3 Å².